The van der Waals surface area contributed by atoms with Crippen molar-refractivity contribution in [2.75, 3.05) is 31.8 Å². The van der Waals surface area contributed by atoms with Crippen molar-refractivity contribution in [3.8, 4) is 39.7 Å². The van der Waals surface area contributed by atoms with Crippen molar-refractivity contribution in [1.82, 2.24) is 10.3 Å². The summed E-state index contributed by atoms with van der Waals surface area (Å²) in [5.41, 5.74) is 5.30. The number of halogens is 1. The highest BCUT2D eigenvalue weighted by molar-refractivity contribution is 7.92. The molecular weight excluding hydrogens is 585 g/mol. The monoisotopic (exact) mass is 613 g/mol. The Morgan fingerprint density at radius 1 is 0.932 bits per heavy atom. The Bertz CT molecular complexity index is 2190. The maximum atomic E-state index is 13.7. The van der Waals surface area contributed by atoms with E-state index in [1.807, 2.05) is 25.1 Å². The van der Waals surface area contributed by atoms with Gasteiger partial charge in [-0.2, -0.15) is 0 Å². The van der Waals surface area contributed by atoms with Crippen LogP contribution in [0, 0.1) is 12.7 Å². The molecule has 0 radical (unpaired) electrons. The van der Waals surface area contributed by atoms with E-state index in [9.17, 15) is 17.6 Å². The van der Waals surface area contributed by atoms with Crippen LogP contribution in [0.2, 0.25) is 0 Å². The number of anilines is 1. The number of nitrogens with one attached hydrogen (secondary N) is 1. The molecule has 0 aliphatic carbocycles. The van der Waals surface area contributed by atoms with Gasteiger partial charge in [0.2, 0.25) is 15.9 Å². The van der Waals surface area contributed by atoms with Gasteiger partial charge in [-0.05, 0) is 72.6 Å². The number of furan rings is 1. The van der Waals surface area contributed by atoms with Crippen LogP contribution in [0.4, 0.5) is 10.1 Å². The lowest BCUT2D eigenvalue weighted by molar-refractivity contribution is 0.0964. The Hall–Kier alpha value is -5.16. The van der Waals surface area contributed by atoms with E-state index < -0.39 is 21.7 Å². The third-order valence-electron chi connectivity index (χ3n) is 7.49. The van der Waals surface area contributed by atoms with Crippen LogP contribution in [0.1, 0.15) is 15.9 Å². The summed E-state index contributed by atoms with van der Waals surface area (Å²) >= 11 is 0. The number of benzene rings is 4. The van der Waals surface area contributed by atoms with Crippen molar-refractivity contribution < 1.29 is 31.2 Å². The second kappa shape index (κ2) is 10.8. The third-order valence-corrected chi connectivity index (χ3v) is 8.68. The van der Waals surface area contributed by atoms with Crippen molar-refractivity contribution in [3.63, 3.8) is 0 Å². The van der Waals surface area contributed by atoms with E-state index in [-0.39, 0.29) is 16.9 Å². The molecule has 11 heteroatoms. The molecule has 2 heterocycles. The molecule has 6 aromatic rings. The first kappa shape index (κ1) is 28.9. The number of carbonyl (C=O) groups is 1. The topological polar surface area (TPSA) is 115 Å². The highest BCUT2D eigenvalue weighted by Crippen LogP contribution is 2.43. The molecule has 0 saturated carbocycles. The highest BCUT2D eigenvalue weighted by Gasteiger charge is 2.26. The van der Waals surface area contributed by atoms with Crippen LogP contribution in [-0.4, -0.2) is 46.8 Å². The molecule has 0 aliphatic heterocycles. The molecule has 0 aliphatic rings. The molecule has 0 unspecified atom stereocenters. The molecule has 1 N–H and O–H groups in total. The largest absolute Gasteiger partial charge is 0.496 e. The van der Waals surface area contributed by atoms with Gasteiger partial charge in [0.25, 0.3) is 5.91 Å². The number of hydrogen-bond acceptors (Lipinski definition) is 7. The minimum Gasteiger partial charge on any atom is -0.496 e. The van der Waals surface area contributed by atoms with Crippen molar-refractivity contribution in [2.45, 2.75) is 6.92 Å². The number of rotatable bonds is 7. The summed E-state index contributed by atoms with van der Waals surface area (Å²) in [5, 5.41) is 3.09. The summed E-state index contributed by atoms with van der Waals surface area (Å²) in [6.07, 6.45) is 1.10. The first-order chi connectivity index (χ1) is 21.0. The van der Waals surface area contributed by atoms with Crippen LogP contribution in [0.25, 0.3) is 56.0 Å². The first-order valence-electron chi connectivity index (χ1n) is 13.6. The summed E-state index contributed by atoms with van der Waals surface area (Å²) in [5.74, 6) is 0.201. The molecule has 9 nitrogen and oxygen atoms in total. The predicted molar refractivity (Wildman–Crippen MR) is 168 cm³/mol. The van der Waals surface area contributed by atoms with Crippen LogP contribution >= 0.6 is 0 Å². The first-order valence-corrected chi connectivity index (χ1v) is 15.4. The number of carbonyl (C=O) groups excluding carboxylic acids is 1. The lowest BCUT2D eigenvalue weighted by atomic mass is 9.97. The van der Waals surface area contributed by atoms with Crippen molar-refractivity contribution >= 4 is 43.7 Å². The van der Waals surface area contributed by atoms with Gasteiger partial charge in [0, 0.05) is 36.7 Å². The number of nitrogens with zero attached hydrogens (tertiary/aromatic N) is 2. The van der Waals surface area contributed by atoms with Gasteiger partial charge in [0.15, 0.2) is 5.58 Å². The zero-order chi connectivity index (χ0) is 31.3. The Kier molecular flexibility index (Phi) is 7.13. The number of hydrogen-bond donors (Lipinski definition) is 1. The second-order valence-corrected chi connectivity index (χ2v) is 12.4. The molecule has 6 rings (SSSR count). The number of methoxy groups -OCH3 is 1. The molecule has 2 aromatic heterocycles. The summed E-state index contributed by atoms with van der Waals surface area (Å²) in [6, 6.07) is 19.9. The summed E-state index contributed by atoms with van der Waals surface area (Å²) in [7, 11) is 0.764. The lowest BCUT2D eigenvalue weighted by Crippen LogP contribution is -2.25. The van der Waals surface area contributed by atoms with E-state index >= 15 is 0 Å². The quantitative estimate of drug-likeness (QED) is 0.211. The van der Waals surface area contributed by atoms with Crippen LogP contribution < -0.4 is 14.4 Å². The van der Waals surface area contributed by atoms with Crippen molar-refractivity contribution in [3.05, 3.63) is 89.7 Å². The number of amides is 1. The SMILES string of the molecule is CNC(=O)c1c(-c2ccc(F)cc2)oc2cc(N(C)S(C)(=O)=O)c(-c3ccc(OC)c(-c4nc5cc(C)ccc5o4)c3)cc12. The molecule has 0 bridgehead atoms. The van der Waals surface area contributed by atoms with Crippen molar-refractivity contribution in [2.24, 2.45) is 0 Å². The van der Waals surface area contributed by atoms with Crippen molar-refractivity contribution in [1.29, 1.82) is 0 Å². The Morgan fingerprint density at radius 2 is 1.66 bits per heavy atom. The normalized spacial score (nSPS) is 11.7. The van der Waals surface area contributed by atoms with Gasteiger partial charge in [-0.1, -0.05) is 12.1 Å². The number of oxazole rings is 1. The summed E-state index contributed by atoms with van der Waals surface area (Å²) < 4.78 is 58.3. The standard InChI is InChI=1S/C33H28FN3O6S/c1-18-6-12-28-25(14-18)36-33(43-28)24-15-20(9-13-27(24)41-4)22-16-23-29(17-26(22)37(3)44(5,39)40)42-31(30(23)32(38)35-2)19-7-10-21(34)11-8-19/h6-17H,1-5H3,(H,35,38). The number of sulfonamides is 1. The fourth-order valence-electron chi connectivity index (χ4n) is 5.15. The zero-order valence-corrected chi connectivity index (χ0v) is 25.4. The van der Waals surface area contributed by atoms with E-state index in [1.165, 1.54) is 45.5 Å². The average Bonchev–Trinajstić information content (AvgIpc) is 3.60. The second-order valence-electron chi connectivity index (χ2n) is 10.4. The van der Waals surface area contributed by atoms with Gasteiger partial charge >= 0.3 is 0 Å². The van der Waals surface area contributed by atoms with Crippen LogP contribution in [-0.2, 0) is 10.0 Å². The number of ether oxygens (including phenoxy) is 1. The molecule has 0 saturated heterocycles. The molecule has 0 spiro atoms. The fraction of sp³-hybridized carbons (Fsp3) is 0.152. The molecule has 44 heavy (non-hydrogen) atoms. The third kappa shape index (κ3) is 5.05. The highest BCUT2D eigenvalue weighted by atomic mass is 32.2. The van der Waals surface area contributed by atoms with Crippen LogP contribution in [0.3, 0.4) is 0 Å². The minimum absolute atomic E-state index is 0.224. The molecule has 0 fully saturated rings. The molecule has 1 amide bonds. The van der Waals surface area contributed by atoms with Gasteiger partial charge in [0.05, 0.1) is 30.2 Å². The van der Waals surface area contributed by atoms with E-state index in [0.717, 1.165) is 16.1 Å². The number of aryl methyl sites for hydroxylation is 1. The van der Waals surface area contributed by atoms with Gasteiger partial charge < -0.3 is 18.9 Å². The lowest BCUT2D eigenvalue weighted by Gasteiger charge is -2.21. The maximum Gasteiger partial charge on any atom is 0.255 e. The molecule has 4 aromatic carbocycles. The molecular formula is C33H28FN3O6S. The average molecular weight is 614 g/mol. The van der Waals surface area contributed by atoms with Gasteiger partial charge in [-0.3, -0.25) is 9.10 Å². The van der Waals surface area contributed by atoms with E-state index in [2.05, 4.69) is 10.3 Å². The summed E-state index contributed by atoms with van der Waals surface area (Å²) in [4.78, 5) is 17.9. The van der Waals surface area contributed by atoms with Gasteiger partial charge in [-0.25, -0.2) is 17.8 Å². The Labute approximate surface area is 252 Å². The van der Waals surface area contributed by atoms with Gasteiger partial charge in [-0.15, -0.1) is 0 Å². The zero-order valence-electron chi connectivity index (χ0n) is 24.6. The van der Waals surface area contributed by atoms with Crippen LogP contribution in [0.5, 0.6) is 5.75 Å². The minimum atomic E-state index is -3.72. The summed E-state index contributed by atoms with van der Waals surface area (Å²) in [6.45, 7) is 1.97. The van der Waals surface area contributed by atoms with Gasteiger partial charge in [0.1, 0.15) is 28.4 Å². The van der Waals surface area contributed by atoms with E-state index in [4.69, 9.17) is 13.6 Å². The Balaban J connectivity index is 1.63. The smallest absolute Gasteiger partial charge is 0.255 e. The predicted octanol–water partition coefficient (Wildman–Crippen LogP) is 6.79. The van der Waals surface area contributed by atoms with E-state index in [1.54, 1.807) is 30.3 Å². The molecule has 0 atom stereocenters. The number of aromatic nitrogens is 1. The number of fused-ring (bicyclic) bond motifs is 2. The maximum absolute atomic E-state index is 13.7. The van der Waals surface area contributed by atoms with E-state index in [0.29, 0.717) is 56.1 Å². The fourth-order valence-corrected chi connectivity index (χ4v) is 5.66. The molecule has 224 valence electrons. The Morgan fingerprint density at radius 3 is 2.34 bits per heavy atom. The van der Waals surface area contributed by atoms with Crippen LogP contribution in [0.15, 0.2) is 81.6 Å².